The molecular formula is C21H20N2. The molecule has 2 N–H and O–H groups in total. The Bertz CT molecular complexity index is 830. The summed E-state index contributed by atoms with van der Waals surface area (Å²) in [7, 11) is 0. The smallest absolute Gasteiger partial charge is 0.0456 e. The number of hydrogen-bond acceptors (Lipinski definition) is 0. The maximum absolute atomic E-state index is 3.63. The van der Waals surface area contributed by atoms with Crippen LogP contribution >= 0.6 is 0 Å². The number of H-pyrrole nitrogens is 2. The Hall–Kier alpha value is -2.48. The molecule has 2 atom stereocenters. The Labute approximate surface area is 135 Å². The lowest BCUT2D eigenvalue weighted by molar-refractivity contribution is 0.665. The number of nitrogens with one attached hydrogen (secondary N) is 2. The number of fused-ring (bicyclic) bond motifs is 2. The molecule has 4 aromatic rings. The van der Waals surface area contributed by atoms with Gasteiger partial charge in [0.1, 0.15) is 0 Å². The van der Waals surface area contributed by atoms with E-state index in [2.05, 4.69) is 70.6 Å². The quantitative estimate of drug-likeness (QED) is 0.476. The van der Waals surface area contributed by atoms with Gasteiger partial charge in [-0.15, -0.1) is 0 Å². The van der Waals surface area contributed by atoms with E-state index in [1.807, 2.05) is 0 Å². The van der Waals surface area contributed by atoms with Gasteiger partial charge in [-0.05, 0) is 66.1 Å². The first-order valence-corrected chi connectivity index (χ1v) is 8.52. The lowest BCUT2D eigenvalue weighted by Gasteiger charge is -2.09. The van der Waals surface area contributed by atoms with Gasteiger partial charge in [-0.3, -0.25) is 0 Å². The van der Waals surface area contributed by atoms with Gasteiger partial charge in [-0.25, -0.2) is 0 Å². The van der Waals surface area contributed by atoms with Crippen LogP contribution in [0.3, 0.4) is 0 Å². The summed E-state index contributed by atoms with van der Waals surface area (Å²) in [6.45, 7) is 0. The van der Waals surface area contributed by atoms with Gasteiger partial charge in [0.2, 0.25) is 0 Å². The molecule has 114 valence electrons. The van der Waals surface area contributed by atoms with E-state index in [1.54, 1.807) is 0 Å². The lowest BCUT2D eigenvalue weighted by atomic mass is 9.99. The number of aromatic amines is 2. The molecule has 2 heterocycles. The lowest BCUT2D eigenvalue weighted by Crippen LogP contribution is -1.96. The zero-order chi connectivity index (χ0) is 15.2. The molecule has 23 heavy (non-hydrogen) atoms. The molecule has 1 saturated carbocycles. The zero-order valence-corrected chi connectivity index (χ0v) is 13.0. The number of benzene rings is 2. The molecule has 0 saturated heterocycles. The van der Waals surface area contributed by atoms with Gasteiger partial charge in [-0.2, -0.15) is 0 Å². The molecule has 1 aliphatic rings. The summed E-state index contributed by atoms with van der Waals surface area (Å²) in [5.74, 6) is 1.30. The van der Waals surface area contributed by atoms with E-state index < -0.39 is 0 Å². The van der Waals surface area contributed by atoms with Crippen LogP contribution in [0.2, 0.25) is 0 Å². The minimum Gasteiger partial charge on any atom is -0.358 e. The summed E-state index contributed by atoms with van der Waals surface area (Å²) >= 11 is 0. The van der Waals surface area contributed by atoms with E-state index >= 15 is 0 Å². The predicted molar refractivity (Wildman–Crippen MR) is 95.9 cm³/mol. The van der Waals surface area contributed by atoms with Crippen LogP contribution < -0.4 is 0 Å². The van der Waals surface area contributed by atoms with Crippen LogP contribution in [0.15, 0.2) is 60.7 Å². The van der Waals surface area contributed by atoms with Crippen molar-refractivity contribution in [2.75, 3.05) is 0 Å². The van der Waals surface area contributed by atoms with Gasteiger partial charge in [0.05, 0.1) is 0 Å². The van der Waals surface area contributed by atoms with E-state index in [0.29, 0.717) is 11.8 Å². The van der Waals surface area contributed by atoms with Crippen molar-refractivity contribution in [1.29, 1.82) is 0 Å². The summed E-state index contributed by atoms with van der Waals surface area (Å²) in [6.07, 6.45) is 3.78. The summed E-state index contributed by atoms with van der Waals surface area (Å²) in [4.78, 5) is 7.25. The standard InChI is InChI=1S/C21H20N2/c1-3-7-18-14(5-1)12-20(22-18)16-9-10-17(11-16)21-13-15-6-2-4-8-19(15)23-21/h1-8,12-13,16-17,22-23H,9-11H2. The third-order valence-corrected chi connectivity index (χ3v) is 5.41. The van der Waals surface area contributed by atoms with Gasteiger partial charge in [-0.1, -0.05) is 36.4 Å². The van der Waals surface area contributed by atoms with Crippen molar-refractivity contribution in [3.8, 4) is 0 Å². The molecule has 0 bridgehead atoms. The fourth-order valence-electron chi connectivity index (χ4n) is 4.18. The molecule has 1 aliphatic carbocycles. The molecule has 2 heteroatoms. The Kier molecular flexibility index (Phi) is 2.84. The number of aromatic nitrogens is 2. The minimum absolute atomic E-state index is 0.652. The number of hydrogen-bond donors (Lipinski definition) is 2. The van der Waals surface area contributed by atoms with Gasteiger partial charge in [0.15, 0.2) is 0 Å². The molecule has 2 nitrogen and oxygen atoms in total. The molecule has 2 aromatic heterocycles. The van der Waals surface area contributed by atoms with E-state index in [9.17, 15) is 0 Å². The van der Waals surface area contributed by atoms with E-state index in [1.165, 1.54) is 52.5 Å². The van der Waals surface area contributed by atoms with Gasteiger partial charge in [0.25, 0.3) is 0 Å². The van der Waals surface area contributed by atoms with Crippen molar-refractivity contribution in [2.24, 2.45) is 0 Å². The highest BCUT2D eigenvalue weighted by Gasteiger charge is 2.28. The van der Waals surface area contributed by atoms with Crippen molar-refractivity contribution in [2.45, 2.75) is 31.1 Å². The molecule has 1 fully saturated rings. The normalized spacial score (nSPS) is 21.4. The summed E-state index contributed by atoms with van der Waals surface area (Å²) in [5.41, 5.74) is 5.34. The maximum Gasteiger partial charge on any atom is 0.0456 e. The SMILES string of the molecule is c1ccc2[nH]c(C3CCC(c4cc5ccccc5[nH]4)C3)cc2c1. The van der Waals surface area contributed by atoms with Crippen LogP contribution in [-0.4, -0.2) is 9.97 Å². The topological polar surface area (TPSA) is 31.6 Å². The molecule has 0 radical (unpaired) electrons. The van der Waals surface area contributed by atoms with Gasteiger partial charge < -0.3 is 9.97 Å². The summed E-state index contributed by atoms with van der Waals surface area (Å²) in [6, 6.07) is 21.8. The van der Waals surface area contributed by atoms with Crippen LogP contribution in [0.4, 0.5) is 0 Å². The summed E-state index contributed by atoms with van der Waals surface area (Å²) < 4.78 is 0. The highest BCUT2D eigenvalue weighted by molar-refractivity contribution is 5.81. The zero-order valence-electron chi connectivity index (χ0n) is 13.0. The second kappa shape index (κ2) is 5.02. The van der Waals surface area contributed by atoms with E-state index in [4.69, 9.17) is 0 Å². The largest absolute Gasteiger partial charge is 0.358 e. The van der Waals surface area contributed by atoms with Gasteiger partial charge in [0, 0.05) is 22.4 Å². The minimum atomic E-state index is 0.652. The Morgan fingerprint density at radius 2 is 1.13 bits per heavy atom. The highest BCUT2D eigenvalue weighted by atomic mass is 14.7. The Balaban J connectivity index is 1.43. The third kappa shape index (κ3) is 2.17. The van der Waals surface area contributed by atoms with Crippen LogP contribution in [0.5, 0.6) is 0 Å². The van der Waals surface area contributed by atoms with Crippen LogP contribution in [0.25, 0.3) is 21.8 Å². The average molecular weight is 300 g/mol. The first kappa shape index (κ1) is 13.0. The average Bonchev–Trinajstić information content (AvgIpc) is 3.30. The Morgan fingerprint density at radius 1 is 0.652 bits per heavy atom. The molecule has 0 amide bonds. The maximum atomic E-state index is 3.63. The molecule has 0 spiro atoms. The highest BCUT2D eigenvalue weighted by Crippen LogP contribution is 2.44. The second-order valence-electron chi connectivity index (χ2n) is 6.83. The molecule has 0 aliphatic heterocycles. The van der Waals surface area contributed by atoms with Crippen molar-refractivity contribution in [3.05, 3.63) is 72.1 Å². The first-order valence-electron chi connectivity index (χ1n) is 8.52. The van der Waals surface area contributed by atoms with Crippen molar-refractivity contribution < 1.29 is 0 Å². The van der Waals surface area contributed by atoms with Crippen molar-refractivity contribution >= 4 is 21.8 Å². The monoisotopic (exact) mass is 300 g/mol. The number of para-hydroxylation sites is 2. The fourth-order valence-corrected chi connectivity index (χ4v) is 4.18. The van der Waals surface area contributed by atoms with Crippen molar-refractivity contribution in [3.63, 3.8) is 0 Å². The van der Waals surface area contributed by atoms with Crippen LogP contribution in [0, 0.1) is 0 Å². The van der Waals surface area contributed by atoms with E-state index in [0.717, 1.165) is 0 Å². The molecule has 2 aromatic carbocycles. The first-order chi connectivity index (χ1) is 11.4. The summed E-state index contributed by atoms with van der Waals surface area (Å²) in [5, 5.41) is 2.66. The predicted octanol–water partition coefficient (Wildman–Crippen LogP) is 5.70. The van der Waals surface area contributed by atoms with Crippen molar-refractivity contribution in [1.82, 2.24) is 9.97 Å². The van der Waals surface area contributed by atoms with E-state index in [-0.39, 0.29) is 0 Å². The molecule has 5 rings (SSSR count). The Morgan fingerprint density at radius 3 is 1.61 bits per heavy atom. The van der Waals surface area contributed by atoms with Crippen LogP contribution in [-0.2, 0) is 0 Å². The van der Waals surface area contributed by atoms with Gasteiger partial charge >= 0.3 is 0 Å². The van der Waals surface area contributed by atoms with Crippen LogP contribution in [0.1, 0.15) is 42.5 Å². The fraction of sp³-hybridized carbons (Fsp3) is 0.238. The third-order valence-electron chi connectivity index (χ3n) is 5.41. The molecule has 2 unspecified atom stereocenters. The molecular weight excluding hydrogens is 280 g/mol. The number of rotatable bonds is 2. The second-order valence-corrected chi connectivity index (χ2v) is 6.83.